The number of anilines is 1. The van der Waals surface area contributed by atoms with Crippen molar-refractivity contribution in [3.05, 3.63) is 95.6 Å². The van der Waals surface area contributed by atoms with Crippen LogP contribution >= 0.6 is 0 Å². The molecule has 6 nitrogen and oxygen atoms in total. The SMILES string of the molecule is COc1ccc(N(C)S(=O)(=O)Cc2ccccc2)cc1CN[C@@H]1CCCN[C@@H]1c1ccccc1. The van der Waals surface area contributed by atoms with Crippen LogP contribution in [0.1, 0.15) is 35.6 Å². The highest BCUT2D eigenvalue weighted by atomic mass is 32.2. The lowest BCUT2D eigenvalue weighted by Crippen LogP contribution is -2.45. The van der Waals surface area contributed by atoms with Crippen LogP contribution in [0.5, 0.6) is 5.75 Å². The Labute approximate surface area is 203 Å². The summed E-state index contributed by atoms with van der Waals surface area (Å²) in [4.78, 5) is 0. The molecule has 34 heavy (non-hydrogen) atoms. The first-order valence-corrected chi connectivity index (χ1v) is 13.3. The molecule has 3 aromatic carbocycles. The molecule has 1 heterocycles. The Bertz CT molecular complexity index is 1170. The van der Waals surface area contributed by atoms with E-state index in [2.05, 4.69) is 34.9 Å². The third-order valence-corrected chi connectivity index (χ3v) is 8.15. The summed E-state index contributed by atoms with van der Waals surface area (Å²) < 4.78 is 33.0. The molecule has 1 aliphatic rings. The smallest absolute Gasteiger partial charge is 0.239 e. The lowest BCUT2D eigenvalue weighted by atomic mass is 9.92. The van der Waals surface area contributed by atoms with Crippen LogP contribution in [0.25, 0.3) is 0 Å². The first kappa shape index (κ1) is 24.3. The molecule has 0 bridgehead atoms. The minimum absolute atomic E-state index is 0.0452. The van der Waals surface area contributed by atoms with E-state index in [1.807, 2.05) is 48.5 Å². The molecule has 0 saturated carbocycles. The third kappa shape index (κ3) is 5.78. The lowest BCUT2D eigenvalue weighted by Gasteiger charge is -2.34. The molecule has 0 aliphatic carbocycles. The van der Waals surface area contributed by atoms with Crippen LogP contribution in [0.4, 0.5) is 5.69 Å². The summed E-state index contributed by atoms with van der Waals surface area (Å²) in [5.74, 6) is 0.696. The Morgan fingerprint density at radius 1 is 1.03 bits per heavy atom. The quantitative estimate of drug-likeness (QED) is 0.480. The number of piperidine rings is 1. The molecule has 1 aliphatic heterocycles. The summed E-state index contributed by atoms with van der Waals surface area (Å²) in [6.45, 7) is 1.58. The Morgan fingerprint density at radius 3 is 2.44 bits per heavy atom. The molecular formula is C27H33N3O3S. The van der Waals surface area contributed by atoms with Gasteiger partial charge < -0.3 is 15.4 Å². The van der Waals surface area contributed by atoms with Crippen LogP contribution in [0.2, 0.25) is 0 Å². The van der Waals surface area contributed by atoms with Crippen molar-refractivity contribution in [3.8, 4) is 5.75 Å². The van der Waals surface area contributed by atoms with Gasteiger partial charge in [0.2, 0.25) is 10.0 Å². The minimum Gasteiger partial charge on any atom is -0.496 e. The van der Waals surface area contributed by atoms with Gasteiger partial charge in [0.1, 0.15) is 5.75 Å². The van der Waals surface area contributed by atoms with Gasteiger partial charge in [-0.2, -0.15) is 0 Å². The number of rotatable bonds is 9. The molecule has 3 aromatic rings. The lowest BCUT2D eigenvalue weighted by molar-refractivity contribution is 0.303. The minimum atomic E-state index is -3.52. The van der Waals surface area contributed by atoms with E-state index < -0.39 is 10.0 Å². The summed E-state index contributed by atoms with van der Waals surface area (Å²) in [6, 6.07) is 25.8. The van der Waals surface area contributed by atoms with Crippen LogP contribution in [-0.2, 0) is 22.3 Å². The van der Waals surface area contributed by atoms with Crippen molar-refractivity contribution in [2.24, 2.45) is 0 Å². The number of sulfonamides is 1. The van der Waals surface area contributed by atoms with Crippen molar-refractivity contribution in [3.63, 3.8) is 0 Å². The molecule has 0 unspecified atom stereocenters. The largest absolute Gasteiger partial charge is 0.496 e. The fourth-order valence-corrected chi connectivity index (χ4v) is 5.74. The highest BCUT2D eigenvalue weighted by molar-refractivity contribution is 7.92. The van der Waals surface area contributed by atoms with E-state index in [0.29, 0.717) is 12.2 Å². The van der Waals surface area contributed by atoms with Gasteiger partial charge in [0.05, 0.1) is 18.6 Å². The topological polar surface area (TPSA) is 70.7 Å². The van der Waals surface area contributed by atoms with Gasteiger partial charge in [-0.1, -0.05) is 60.7 Å². The standard InChI is InChI=1S/C27H33N3O3S/c1-30(34(31,32)20-21-10-5-3-6-11-21)24-15-16-26(33-2)23(18-24)19-29-25-14-9-17-28-27(25)22-12-7-4-8-13-22/h3-8,10-13,15-16,18,25,27-29H,9,14,17,19-20H2,1-2H3/t25-,27-/m1/s1. The van der Waals surface area contributed by atoms with E-state index in [1.54, 1.807) is 20.2 Å². The van der Waals surface area contributed by atoms with Gasteiger partial charge in [0.15, 0.2) is 0 Å². The van der Waals surface area contributed by atoms with Crippen LogP contribution in [0.3, 0.4) is 0 Å². The van der Waals surface area contributed by atoms with Crippen LogP contribution in [0.15, 0.2) is 78.9 Å². The van der Waals surface area contributed by atoms with Gasteiger partial charge in [-0.25, -0.2) is 8.42 Å². The predicted octanol–water partition coefficient (Wildman–Crippen LogP) is 4.24. The average molecular weight is 480 g/mol. The highest BCUT2D eigenvalue weighted by Gasteiger charge is 2.26. The van der Waals surface area contributed by atoms with Gasteiger partial charge in [-0.05, 0) is 48.7 Å². The number of ether oxygens (including phenoxy) is 1. The first-order valence-electron chi connectivity index (χ1n) is 11.7. The molecule has 0 aromatic heterocycles. The van der Waals surface area contributed by atoms with Crippen LogP contribution < -0.4 is 19.7 Å². The van der Waals surface area contributed by atoms with E-state index >= 15 is 0 Å². The van der Waals surface area contributed by atoms with Crippen LogP contribution in [-0.4, -0.2) is 35.2 Å². The van der Waals surface area contributed by atoms with Crippen molar-refractivity contribution < 1.29 is 13.2 Å². The summed E-state index contributed by atoms with van der Waals surface area (Å²) in [5, 5.41) is 7.34. The van der Waals surface area contributed by atoms with Gasteiger partial charge in [-0.15, -0.1) is 0 Å². The molecular weight excluding hydrogens is 446 g/mol. The molecule has 2 atom stereocenters. The van der Waals surface area contributed by atoms with Crippen molar-refractivity contribution in [2.75, 3.05) is 25.0 Å². The second-order valence-corrected chi connectivity index (χ2v) is 10.7. The number of nitrogens with one attached hydrogen (secondary N) is 2. The molecule has 4 rings (SSSR count). The summed E-state index contributed by atoms with van der Waals surface area (Å²) >= 11 is 0. The second kappa shape index (κ2) is 11.0. The maximum atomic E-state index is 13.0. The number of hydrogen-bond donors (Lipinski definition) is 2. The monoisotopic (exact) mass is 479 g/mol. The van der Waals surface area contributed by atoms with E-state index in [1.165, 1.54) is 9.87 Å². The Hall–Kier alpha value is -2.87. The van der Waals surface area contributed by atoms with Crippen LogP contribution in [0, 0.1) is 0 Å². The zero-order chi connectivity index (χ0) is 24.0. The van der Waals surface area contributed by atoms with Crippen molar-refractivity contribution in [1.29, 1.82) is 0 Å². The molecule has 7 heteroatoms. The molecule has 1 saturated heterocycles. The Kier molecular flexibility index (Phi) is 7.88. The second-order valence-electron chi connectivity index (χ2n) is 8.68. The van der Waals surface area contributed by atoms with E-state index in [4.69, 9.17) is 4.74 Å². The number of methoxy groups -OCH3 is 1. The zero-order valence-corrected chi connectivity index (χ0v) is 20.6. The van der Waals surface area contributed by atoms with Crippen molar-refractivity contribution in [2.45, 2.75) is 37.2 Å². The molecule has 2 N–H and O–H groups in total. The third-order valence-electron chi connectivity index (χ3n) is 6.41. The zero-order valence-electron chi connectivity index (χ0n) is 19.8. The van der Waals surface area contributed by atoms with Gasteiger partial charge in [0.25, 0.3) is 0 Å². The van der Waals surface area contributed by atoms with Crippen molar-refractivity contribution >= 4 is 15.7 Å². The number of hydrogen-bond acceptors (Lipinski definition) is 5. The summed E-state index contributed by atoms with van der Waals surface area (Å²) in [7, 11) is -0.274. The van der Waals surface area contributed by atoms with E-state index in [0.717, 1.165) is 36.3 Å². The van der Waals surface area contributed by atoms with E-state index in [9.17, 15) is 8.42 Å². The van der Waals surface area contributed by atoms with E-state index in [-0.39, 0.29) is 17.8 Å². The average Bonchev–Trinajstić information content (AvgIpc) is 2.88. The molecule has 1 fully saturated rings. The molecule has 0 amide bonds. The maximum absolute atomic E-state index is 13.0. The van der Waals surface area contributed by atoms with Crippen molar-refractivity contribution in [1.82, 2.24) is 10.6 Å². The molecule has 0 spiro atoms. The predicted molar refractivity (Wildman–Crippen MR) is 138 cm³/mol. The van der Waals surface area contributed by atoms with Gasteiger partial charge in [-0.3, -0.25) is 4.31 Å². The van der Waals surface area contributed by atoms with Gasteiger partial charge >= 0.3 is 0 Å². The summed E-state index contributed by atoms with van der Waals surface area (Å²) in [6.07, 6.45) is 2.18. The molecule has 180 valence electrons. The summed E-state index contributed by atoms with van der Waals surface area (Å²) in [5.41, 5.74) is 3.59. The number of nitrogens with zero attached hydrogens (tertiary/aromatic N) is 1. The first-order chi connectivity index (χ1) is 16.5. The molecule has 0 radical (unpaired) electrons. The fourth-order valence-electron chi connectivity index (χ4n) is 4.50. The normalized spacial score (nSPS) is 18.4. The Morgan fingerprint density at radius 2 is 1.74 bits per heavy atom. The van der Waals surface area contributed by atoms with Gasteiger partial charge in [0, 0.05) is 31.2 Å². The highest BCUT2D eigenvalue weighted by Crippen LogP contribution is 2.29. The fraction of sp³-hybridized carbons (Fsp3) is 0.333. The maximum Gasteiger partial charge on any atom is 0.239 e. The number of benzene rings is 3. The Balaban J connectivity index is 1.51.